The predicted molar refractivity (Wildman–Crippen MR) is 96.1 cm³/mol. The average Bonchev–Trinajstić information content (AvgIpc) is 3.41. The normalized spacial score (nSPS) is 17.0. The highest BCUT2D eigenvalue weighted by Gasteiger charge is 2.44. The Morgan fingerprint density at radius 1 is 1.07 bits per heavy atom. The van der Waals surface area contributed by atoms with Crippen molar-refractivity contribution in [3.05, 3.63) is 94.5 Å². The van der Waals surface area contributed by atoms with E-state index in [2.05, 4.69) is 0 Å². The largest absolute Gasteiger partial charge is 0.503 e. The molecule has 0 bridgehead atoms. The first-order valence-electron chi connectivity index (χ1n) is 8.16. The summed E-state index contributed by atoms with van der Waals surface area (Å²) < 4.78 is 10.5. The van der Waals surface area contributed by atoms with Gasteiger partial charge in [0.05, 0.1) is 30.7 Å². The summed E-state index contributed by atoms with van der Waals surface area (Å²) in [4.78, 5) is 27.0. The number of furan rings is 2. The van der Waals surface area contributed by atoms with E-state index >= 15 is 0 Å². The maximum Gasteiger partial charge on any atom is 0.290 e. The van der Waals surface area contributed by atoms with Crippen LogP contribution in [0.3, 0.4) is 0 Å². The summed E-state index contributed by atoms with van der Waals surface area (Å²) in [5.74, 6) is -1.22. The van der Waals surface area contributed by atoms with Crippen LogP contribution >= 0.6 is 11.6 Å². The molecule has 3 aromatic rings. The van der Waals surface area contributed by atoms with E-state index in [4.69, 9.17) is 20.4 Å². The average molecular weight is 384 g/mol. The zero-order chi connectivity index (χ0) is 19.0. The first kappa shape index (κ1) is 17.2. The van der Waals surface area contributed by atoms with Gasteiger partial charge in [0.2, 0.25) is 5.78 Å². The number of rotatable bonds is 5. The molecule has 136 valence electrons. The number of amides is 1. The van der Waals surface area contributed by atoms with Crippen molar-refractivity contribution in [3.63, 3.8) is 0 Å². The summed E-state index contributed by atoms with van der Waals surface area (Å²) in [6.07, 6.45) is 2.86. The molecule has 0 aliphatic carbocycles. The summed E-state index contributed by atoms with van der Waals surface area (Å²) in [5, 5.41) is 11.0. The van der Waals surface area contributed by atoms with Gasteiger partial charge in [0.1, 0.15) is 5.76 Å². The molecule has 3 heterocycles. The Labute approximate surface area is 159 Å². The molecule has 0 radical (unpaired) electrons. The highest BCUT2D eigenvalue weighted by atomic mass is 35.5. The van der Waals surface area contributed by atoms with Crippen LogP contribution in [0, 0.1) is 0 Å². The number of halogens is 1. The van der Waals surface area contributed by atoms with Gasteiger partial charge in [-0.25, -0.2) is 0 Å². The van der Waals surface area contributed by atoms with Crippen molar-refractivity contribution >= 4 is 23.3 Å². The Kier molecular flexibility index (Phi) is 4.33. The van der Waals surface area contributed by atoms with E-state index < -0.39 is 23.5 Å². The number of carbonyl (C=O) groups is 2. The topological polar surface area (TPSA) is 83.9 Å². The highest BCUT2D eigenvalue weighted by Crippen LogP contribution is 2.40. The van der Waals surface area contributed by atoms with Crippen LogP contribution in [0.15, 0.2) is 81.2 Å². The monoisotopic (exact) mass is 383 g/mol. The number of ketones is 1. The lowest BCUT2D eigenvalue weighted by molar-refractivity contribution is -0.130. The van der Waals surface area contributed by atoms with Crippen molar-refractivity contribution in [3.8, 4) is 0 Å². The van der Waals surface area contributed by atoms with Crippen LogP contribution in [0.1, 0.15) is 27.9 Å². The molecule has 7 heteroatoms. The molecular weight excluding hydrogens is 370 g/mol. The number of aliphatic hydroxyl groups is 1. The smallest absolute Gasteiger partial charge is 0.290 e. The van der Waals surface area contributed by atoms with Crippen molar-refractivity contribution < 1.29 is 23.5 Å². The van der Waals surface area contributed by atoms with Gasteiger partial charge < -0.3 is 18.8 Å². The third-order valence-electron chi connectivity index (χ3n) is 4.39. The Bertz CT molecular complexity index is 1000. The minimum absolute atomic E-state index is 0.0381. The third-order valence-corrected chi connectivity index (χ3v) is 4.64. The van der Waals surface area contributed by atoms with Gasteiger partial charge in [-0.1, -0.05) is 23.7 Å². The van der Waals surface area contributed by atoms with Gasteiger partial charge in [-0.2, -0.15) is 0 Å². The van der Waals surface area contributed by atoms with Crippen LogP contribution in [0.5, 0.6) is 0 Å². The minimum Gasteiger partial charge on any atom is -0.503 e. The molecule has 6 nitrogen and oxygen atoms in total. The van der Waals surface area contributed by atoms with E-state index in [1.165, 1.54) is 23.5 Å². The van der Waals surface area contributed by atoms with Crippen LogP contribution in [0.2, 0.25) is 5.02 Å². The first-order valence-corrected chi connectivity index (χ1v) is 8.54. The molecule has 2 aromatic heterocycles. The van der Waals surface area contributed by atoms with Crippen molar-refractivity contribution in [1.82, 2.24) is 4.90 Å². The van der Waals surface area contributed by atoms with Gasteiger partial charge in [0.25, 0.3) is 5.91 Å². The van der Waals surface area contributed by atoms with Gasteiger partial charge in [-0.15, -0.1) is 0 Å². The molecule has 1 aliphatic rings. The zero-order valence-electron chi connectivity index (χ0n) is 14.0. The molecule has 0 fully saturated rings. The lowest BCUT2D eigenvalue weighted by Crippen LogP contribution is -2.30. The zero-order valence-corrected chi connectivity index (χ0v) is 14.7. The van der Waals surface area contributed by atoms with Crippen LogP contribution < -0.4 is 0 Å². The highest BCUT2D eigenvalue weighted by molar-refractivity contribution is 6.30. The number of hydrogen-bond acceptors (Lipinski definition) is 5. The van der Waals surface area contributed by atoms with E-state index in [0.29, 0.717) is 16.3 Å². The van der Waals surface area contributed by atoms with Crippen LogP contribution in [-0.2, 0) is 11.3 Å². The summed E-state index contributed by atoms with van der Waals surface area (Å²) in [7, 11) is 0. The molecule has 1 atom stereocenters. The SMILES string of the molecule is O=C(C1=C(O)C(=O)N(Cc2ccco2)C1c1ccc(Cl)cc1)c1ccco1. The molecular formula is C20H14ClNO5. The molecule has 0 spiro atoms. The lowest BCUT2D eigenvalue weighted by atomic mass is 9.95. The molecule has 1 aliphatic heterocycles. The molecule has 0 saturated heterocycles. The molecule has 27 heavy (non-hydrogen) atoms. The Morgan fingerprint density at radius 2 is 1.78 bits per heavy atom. The summed E-state index contributed by atoms with van der Waals surface area (Å²) in [6, 6.07) is 12.4. The summed E-state index contributed by atoms with van der Waals surface area (Å²) >= 11 is 5.97. The van der Waals surface area contributed by atoms with Gasteiger partial charge >= 0.3 is 0 Å². The standard InChI is InChI=1S/C20H14ClNO5/c21-13-7-5-12(6-8-13)17-16(18(23)15-4-2-10-27-15)19(24)20(25)22(17)11-14-3-1-9-26-14/h1-10,17,24H,11H2. The Morgan fingerprint density at radius 3 is 2.41 bits per heavy atom. The van der Waals surface area contributed by atoms with Crippen molar-refractivity contribution in [2.75, 3.05) is 0 Å². The molecule has 0 saturated carbocycles. The van der Waals surface area contributed by atoms with Crippen LogP contribution in [0.25, 0.3) is 0 Å². The fourth-order valence-electron chi connectivity index (χ4n) is 3.15. The quantitative estimate of drug-likeness (QED) is 0.664. The third kappa shape index (κ3) is 3.04. The van der Waals surface area contributed by atoms with Crippen LogP contribution in [0.4, 0.5) is 0 Å². The molecule has 4 rings (SSSR count). The maximum atomic E-state index is 12.9. The number of carbonyl (C=O) groups excluding carboxylic acids is 2. The Hall–Kier alpha value is -3.25. The van der Waals surface area contributed by atoms with Gasteiger partial charge in [0, 0.05) is 5.02 Å². The molecule has 1 aromatic carbocycles. The van der Waals surface area contributed by atoms with Crippen molar-refractivity contribution in [2.45, 2.75) is 12.6 Å². The van der Waals surface area contributed by atoms with Crippen LogP contribution in [-0.4, -0.2) is 21.7 Å². The summed E-state index contributed by atoms with van der Waals surface area (Å²) in [5.41, 5.74) is 0.599. The van der Waals surface area contributed by atoms with Gasteiger partial charge in [0.15, 0.2) is 11.5 Å². The van der Waals surface area contributed by atoms with E-state index in [-0.39, 0.29) is 17.9 Å². The van der Waals surface area contributed by atoms with Crippen molar-refractivity contribution in [2.24, 2.45) is 0 Å². The van der Waals surface area contributed by atoms with Gasteiger partial charge in [-0.3, -0.25) is 9.59 Å². The molecule has 1 unspecified atom stereocenters. The van der Waals surface area contributed by atoms with Crippen molar-refractivity contribution in [1.29, 1.82) is 0 Å². The number of benzene rings is 1. The number of nitrogens with zero attached hydrogens (tertiary/aromatic N) is 1. The number of hydrogen-bond donors (Lipinski definition) is 1. The van der Waals surface area contributed by atoms with E-state index in [9.17, 15) is 14.7 Å². The maximum absolute atomic E-state index is 12.9. The Balaban J connectivity index is 1.80. The van der Waals surface area contributed by atoms with E-state index in [0.717, 1.165) is 0 Å². The fourth-order valence-corrected chi connectivity index (χ4v) is 3.28. The van der Waals surface area contributed by atoms with Gasteiger partial charge in [-0.05, 0) is 42.0 Å². The first-order chi connectivity index (χ1) is 13.1. The minimum atomic E-state index is -0.794. The lowest BCUT2D eigenvalue weighted by Gasteiger charge is -2.25. The second kappa shape index (κ2) is 6.81. The fraction of sp³-hybridized carbons (Fsp3) is 0.100. The predicted octanol–water partition coefficient (Wildman–Crippen LogP) is 4.30. The number of Topliss-reactive ketones (excluding diaryl/α,β-unsaturated/α-hetero) is 1. The van der Waals surface area contributed by atoms with E-state index in [1.54, 1.807) is 42.5 Å². The molecule has 1 N–H and O–H groups in total. The second-order valence-electron chi connectivity index (χ2n) is 6.04. The second-order valence-corrected chi connectivity index (χ2v) is 6.47. The van der Waals surface area contributed by atoms with E-state index in [1.807, 2.05) is 0 Å². The molecule has 1 amide bonds. The summed E-state index contributed by atoms with van der Waals surface area (Å²) in [6.45, 7) is 0.0954. The number of aliphatic hydroxyl groups excluding tert-OH is 1.